The Morgan fingerprint density at radius 3 is 2.61 bits per heavy atom. The monoisotopic (exact) mass is 378 g/mol. The van der Waals surface area contributed by atoms with Gasteiger partial charge in [0.1, 0.15) is 5.82 Å². The van der Waals surface area contributed by atoms with Gasteiger partial charge in [0.2, 0.25) is 0 Å². The highest BCUT2D eigenvalue weighted by Crippen LogP contribution is 2.31. The molecule has 1 aliphatic carbocycles. The molecule has 0 fully saturated rings. The lowest BCUT2D eigenvalue weighted by Gasteiger charge is -2.27. The summed E-state index contributed by atoms with van der Waals surface area (Å²) in [6, 6.07) is 10.7. The van der Waals surface area contributed by atoms with Crippen molar-refractivity contribution < 1.29 is 4.90 Å². The number of nitrogens with one attached hydrogen (secondary N) is 2. The summed E-state index contributed by atoms with van der Waals surface area (Å²) in [6.45, 7) is 8.80. The van der Waals surface area contributed by atoms with Crippen molar-refractivity contribution in [2.24, 2.45) is 5.41 Å². The molecule has 5 nitrogen and oxygen atoms in total. The van der Waals surface area contributed by atoms with Crippen LogP contribution in [0.4, 0.5) is 5.82 Å². The molecular weight excluding hydrogens is 346 g/mol. The average molecular weight is 379 g/mol. The van der Waals surface area contributed by atoms with Gasteiger partial charge in [0.25, 0.3) is 0 Å². The minimum Gasteiger partial charge on any atom is -0.369 e. The first-order chi connectivity index (χ1) is 13.3. The van der Waals surface area contributed by atoms with Gasteiger partial charge >= 0.3 is 0 Å². The van der Waals surface area contributed by atoms with Gasteiger partial charge in [-0.2, -0.15) is 9.61 Å². The third-order valence-corrected chi connectivity index (χ3v) is 5.54. The van der Waals surface area contributed by atoms with E-state index < -0.39 is 0 Å². The fourth-order valence-corrected chi connectivity index (χ4v) is 4.38. The van der Waals surface area contributed by atoms with Crippen molar-refractivity contribution in [1.29, 1.82) is 0 Å². The van der Waals surface area contributed by atoms with Crippen molar-refractivity contribution in [1.82, 2.24) is 14.6 Å². The fourth-order valence-electron chi connectivity index (χ4n) is 4.38. The van der Waals surface area contributed by atoms with Gasteiger partial charge in [0.15, 0.2) is 5.65 Å². The second-order valence-corrected chi connectivity index (χ2v) is 9.31. The lowest BCUT2D eigenvalue weighted by atomic mass is 9.93. The number of nitrogens with zero attached hydrogens (tertiary/aromatic N) is 3. The SMILES string of the molecule is Cc1ccc(-c2cc3nc4c(c(NCC(C)(C)C[NH+](C)C)n3n2)CCC4)cc1. The molecule has 148 valence electrons. The number of quaternary nitrogens is 1. The van der Waals surface area contributed by atoms with Crippen LogP contribution in [-0.4, -0.2) is 41.8 Å². The Morgan fingerprint density at radius 2 is 1.89 bits per heavy atom. The summed E-state index contributed by atoms with van der Waals surface area (Å²) in [4.78, 5) is 6.40. The zero-order valence-electron chi connectivity index (χ0n) is 17.8. The highest BCUT2D eigenvalue weighted by molar-refractivity contribution is 5.67. The first kappa shape index (κ1) is 18.9. The molecule has 2 heterocycles. The van der Waals surface area contributed by atoms with Crippen LogP contribution in [0, 0.1) is 12.3 Å². The average Bonchev–Trinajstić information content (AvgIpc) is 3.24. The number of rotatable bonds is 6. The molecule has 0 aliphatic heterocycles. The summed E-state index contributed by atoms with van der Waals surface area (Å²) in [7, 11) is 4.43. The smallest absolute Gasteiger partial charge is 0.158 e. The highest BCUT2D eigenvalue weighted by atomic mass is 15.3. The van der Waals surface area contributed by atoms with Crippen LogP contribution in [0.5, 0.6) is 0 Å². The molecule has 1 aromatic carbocycles. The Bertz CT molecular complexity index is 982. The third kappa shape index (κ3) is 3.76. The number of benzene rings is 1. The maximum absolute atomic E-state index is 4.94. The molecular formula is C23H32N5+. The van der Waals surface area contributed by atoms with Gasteiger partial charge in [-0.05, 0) is 26.2 Å². The van der Waals surface area contributed by atoms with Crippen LogP contribution in [-0.2, 0) is 12.8 Å². The molecule has 0 saturated carbocycles. The third-order valence-electron chi connectivity index (χ3n) is 5.54. The van der Waals surface area contributed by atoms with E-state index in [0.29, 0.717) is 0 Å². The number of hydrogen-bond acceptors (Lipinski definition) is 3. The Kier molecular flexibility index (Phi) is 4.88. The fraction of sp³-hybridized carbons (Fsp3) is 0.478. The summed E-state index contributed by atoms with van der Waals surface area (Å²) < 4.78 is 2.03. The molecule has 28 heavy (non-hydrogen) atoms. The topological polar surface area (TPSA) is 46.7 Å². The first-order valence-corrected chi connectivity index (χ1v) is 10.3. The standard InChI is InChI=1S/C23H31N5/c1-16-9-11-17(12-10-16)20-13-21-25-19-8-6-7-18(19)22(28(21)26-20)24-14-23(2,3)15-27(4)5/h9-13,24H,6-8,14-15H2,1-5H3/p+1. The summed E-state index contributed by atoms with van der Waals surface area (Å²) in [6.07, 6.45) is 3.33. The number of aryl methyl sites for hydroxylation is 2. The van der Waals surface area contributed by atoms with Crippen molar-refractivity contribution in [3.05, 3.63) is 47.2 Å². The Hall–Kier alpha value is -2.40. The van der Waals surface area contributed by atoms with E-state index in [1.165, 1.54) is 28.1 Å². The Morgan fingerprint density at radius 1 is 1.14 bits per heavy atom. The van der Waals surface area contributed by atoms with Gasteiger partial charge in [0, 0.05) is 34.8 Å². The molecule has 2 N–H and O–H groups in total. The van der Waals surface area contributed by atoms with Gasteiger partial charge in [-0.25, -0.2) is 4.98 Å². The molecule has 0 unspecified atom stereocenters. The summed E-state index contributed by atoms with van der Waals surface area (Å²) in [5, 5.41) is 8.69. The van der Waals surface area contributed by atoms with Crippen LogP contribution < -0.4 is 10.2 Å². The van der Waals surface area contributed by atoms with Crippen molar-refractivity contribution in [3.63, 3.8) is 0 Å². The molecule has 0 saturated heterocycles. The first-order valence-electron chi connectivity index (χ1n) is 10.3. The van der Waals surface area contributed by atoms with Crippen molar-refractivity contribution in [2.45, 2.75) is 40.0 Å². The quantitative estimate of drug-likeness (QED) is 0.693. The van der Waals surface area contributed by atoms with E-state index >= 15 is 0 Å². The lowest BCUT2D eigenvalue weighted by Crippen LogP contribution is -3.07. The van der Waals surface area contributed by atoms with Crippen molar-refractivity contribution >= 4 is 11.5 Å². The number of anilines is 1. The summed E-state index contributed by atoms with van der Waals surface area (Å²) in [5.74, 6) is 1.14. The second-order valence-electron chi connectivity index (χ2n) is 9.31. The molecule has 5 heteroatoms. The molecule has 0 atom stereocenters. The van der Waals surface area contributed by atoms with E-state index in [0.717, 1.165) is 48.7 Å². The van der Waals surface area contributed by atoms with Gasteiger partial charge in [-0.3, -0.25) is 0 Å². The van der Waals surface area contributed by atoms with Crippen LogP contribution in [0.2, 0.25) is 0 Å². The van der Waals surface area contributed by atoms with E-state index in [-0.39, 0.29) is 5.41 Å². The minimum absolute atomic E-state index is 0.201. The largest absolute Gasteiger partial charge is 0.369 e. The molecule has 0 bridgehead atoms. The molecule has 0 spiro atoms. The van der Waals surface area contributed by atoms with Crippen LogP contribution in [0.25, 0.3) is 16.9 Å². The lowest BCUT2D eigenvalue weighted by molar-refractivity contribution is -0.865. The van der Waals surface area contributed by atoms with E-state index in [4.69, 9.17) is 10.1 Å². The maximum atomic E-state index is 4.94. The van der Waals surface area contributed by atoms with Crippen LogP contribution in [0.1, 0.15) is 37.1 Å². The normalized spacial score (nSPS) is 14.1. The molecule has 3 aromatic rings. The summed E-state index contributed by atoms with van der Waals surface area (Å²) >= 11 is 0. The highest BCUT2D eigenvalue weighted by Gasteiger charge is 2.25. The summed E-state index contributed by atoms with van der Waals surface area (Å²) in [5.41, 5.74) is 7.11. The maximum Gasteiger partial charge on any atom is 0.158 e. The van der Waals surface area contributed by atoms with Crippen LogP contribution in [0.15, 0.2) is 30.3 Å². The zero-order chi connectivity index (χ0) is 19.9. The second kappa shape index (κ2) is 7.21. The van der Waals surface area contributed by atoms with Crippen LogP contribution >= 0.6 is 0 Å². The van der Waals surface area contributed by atoms with Gasteiger partial charge in [-0.1, -0.05) is 43.7 Å². The van der Waals surface area contributed by atoms with E-state index in [1.807, 2.05) is 4.52 Å². The molecule has 1 aliphatic rings. The van der Waals surface area contributed by atoms with Gasteiger partial charge in [-0.15, -0.1) is 0 Å². The van der Waals surface area contributed by atoms with Crippen molar-refractivity contribution in [2.75, 3.05) is 32.5 Å². The Labute approximate surface area is 167 Å². The van der Waals surface area contributed by atoms with E-state index in [9.17, 15) is 0 Å². The molecule has 0 amide bonds. The predicted molar refractivity (Wildman–Crippen MR) is 115 cm³/mol. The predicted octanol–water partition coefficient (Wildman–Crippen LogP) is 2.78. The molecule has 0 radical (unpaired) electrons. The van der Waals surface area contributed by atoms with Gasteiger partial charge in [0.05, 0.1) is 26.3 Å². The zero-order valence-corrected chi connectivity index (χ0v) is 17.8. The number of fused-ring (bicyclic) bond motifs is 2. The van der Waals surface area contributed by atoms with Crippen molar-refractivity contribution in [3.8, 4) is 11.3 Å². The van der Waals surface area contributed by atoms with Crippen LogP contribution in [0.3, 0.4) is 0 Å². The minimum atomic E-state index is 0.201. The molecule has 2 aromatic heterocycles. The van der Waals surface area contributed by atoms with E-state index in [1.54, 1.807) is 0 Å². The number of hydrogen-bond donors (Lipinski definition) is 2. The van der Waals surface area contributed by atoms with E-state index in [2.05, 4.69) is 70.5 Å². The molecule has 4 rings (SSSR count). The Balaban J connectivity index is 1.72. The number of aromatic nitrogens is 3. The van der Waals surface area contributed by atoms with Gasteiger partial charge < -0.3 is 10.2 Å².